The van der Waals surface area contributed by atoms with Gasteiger partial charge in [0.15, 0.2) is 10.3 Å². The highest BCUT2D eigenvalue weighted by molar-refractivity contribution is 7.17. The van der Waals surface area contributed by atoms with Crippen LogP contribution in [0.2, 0.25) is 5.15 Å². The molecule has 96 valence electrons. The van der Waals surface area contributed by atoms with Crippen molar-refractivity contribution in [3.63, 3.8) is 0 Å². The van der Waals surface area contributed by atoms with E-state index < -0.39 is 0 Å². The summed E-state index contributed by atoms with van der Waals surface area (Å²) in [5.41, 5.74) is 1.14. The Bertz CT molecular complexity index is 513. The number of methoxy groups -OCH3 is 2. The Labute approximate surface area is 115 Å². The fourth-order valence-electron chi connectivity index (χ4n) is 1.41. The Morgan fingerprint density at radius 1 is 1.22 bits per heavy atom. The zero-order valence-corrected chi connectivity index (χ0v) is 11.6. The third-order valence-corrected chi connectivity index (χ3v) is 3.69. The molecule has 1 heterocycles. The van der Waals surface area contributed by atoms with Crippen molar-refractivity contribution in [2.45, 2.75) is 6.54 Å². The number of anilines is 1. The van der Waals surface area contributed by atoms with Crippen molar-refractivity contribution in [1.29, 1.82) is 0 Å². The molecule has 0 radical (unpaired) electrons. The molecule has 0 aliphatic carbocycles. The summed E-state index contributed by atoms with van der Waals surface area (Å²) in [6.45, 7) is 0.678. The van der Waals surface area contributed by atoms with E-state index in [2.05, 4.69) is 10.3 Å². The van der Waals surface area contributed by atoms with Gasteiger partial charge in [-0.05, 0) is 17.7 Å². The second kappa shape index (κ2) is 5.93. The van der Waals surface area contributed by atoms with E-state index in [4.69, 9.17) is 21.1 Å². The molecule has 0 atom stereocenters. The van der Waals surface area contributed by atoms with Gasteiger partial charge in [0.05, 0.1) is 14.2 Å². The molecule has 0 aliphatic heterocycles. The van der Waals surface area contributed by atoms with Gasteiger partial charge >= 0.3 is 0 Å². The van der Waals surface area contributed by atoms with E-state index in [9.17, 15) is 0 Å². The highest BCUT2D eigenvalue weighted by atomic mass is 35.5. The Kier molecular flexibility index (Phi) is 4.28. The van der Waals surface area contributed by atoms with Gasteiger partial charge < -0.3 is 14.8 Å². The lowest BCUT2D eigenvalue weighted by Crippen LogP contribution is -1.98. The molecule has 0 bridgehead atoms. The molecule has 18 heavy (non-hydrogen) atoms. The molecule has 1 N–H and O–H groups in total. The lowest BCUT2D eigenvalue weighted by molar-refractivity contribution is 0.414. The van der Waals surface area contributed by atoms with Crippen LogP contribution in [-0.4, -0.2) is 19.2 Å². The van der Waals surface area contributed by atoms with Crippen LogP contribution in [0.4, 0.5) is 5.13 Å². The van der Waals surface area contributed by atoms with Gasteiger partial charge in [-0.25, -0.2) is 4.98 Å². The van der Waals surface area contributed by atoms with Crippen LogP contribution < -0.4 is 14.8 Å². The Hall–Kier alpha value is -1.46. The van der Waals surface area contributed by atoms with Crippen LogP contribution in [0.25, 0.3) is 0 Å². The first-order valence-electron chi connectivity index (χ1n) is 5.30. The lowest BCUT2D eigenvalue weighted by Gasteiger charge is -2.04. The van der Waals surface area contributed by atoms with Crippen LogP contribution in [0.1, 0.15) is 5.56 Å². The van der Waals surface area contributed by atoms with E-state index in [1.807, 2.05) is 24.3 Å². The van der Waals surface area contributed by atoms with Crippen LogP contribution in [-0.2, 0) is 6.54 Å². The van der Waals surface area contributed by atoms with Gasteiger partial charge in [0, 0.05) is 6.54 Å². The second-order valence-corrected chi connectivity index (χ2v) is 4.82. The highest BCUT2D eigenvalue weighted by Gasteiger charge is 2.08. The molecule has 0 saturated heterocycles. The summed E-state index contributed by atoms with van der Waals surface area (Å²) >= 11 is 7.27. The molecule has 4 nitrogen and oxygen atoms in total. The van der Waals surface area contributed by atoms with Crippen molar-refractivity contribution in [3.05, 3.63) is 35.0 Å². The minimum Gasteiger partial charge on any atom is -0.497 e. The van der Waals surface area contributed by atoms with Crippen LogP contribution in [0.5, 0.6) is 10.8 Å². The molecule has 1 aromatic carbocycles. The number of benzene rings is 1. The molecule has 6 heteroatoms. The maximum atomic E-state index is 5.88. The van der Waals surface area contributed by atoms with Crippen molar-refractivity contribution < 1.29 is 9.47 Å². The average molecular weight is 285 g/mol. The number of ether oxygens (including phenoxy) is 2. The van der Waals surface area contributed by atoms with E-state index in [0.29, 0.717) is 16.8 Å². The predicted octanol–water partition coefficient (Wildman–Crippen LogP) is 3.43. The average Bonchev–Trinajstić information content (AvgIpc) is 2.77. The molecule has 2 aromatic rings. The summed E-state index contributed by atoms with van der Waals surface area (Å²) < 4.78 is 10.2. The molecule has 2 rings (SSSR count). The summed E-state index contributed by atoms with van der Waals surface area (Å²) in [6.07, 6.45) is 0. The third-order valence-electron chi connectivity index (χ3n) is 2.35. The van der Waals surface area contributed by atoms with Gasteiger partial charge in [0.25, 0.3) is 0 Å². The van der Waals surface area contributed by atoms with Crippen LogP contribution in [0.15, 0.2) is 24.3 Å². The van der Waals surface area contributed by atoms with Gasteiger partial charge in [0.1, 0.15) is 5.75 Å². The Morgan fingerprint density at radius 2 is 1.94 bits per heavy atom. The zero-order chi connectivity index (χ0) is 13.0. The second-order valence-electron chi connectivity index (χ2n) is 3.50. The van der Waals surface area contributed by atoms with Gasteiger partial charge in [-0.2, -0.15) is 0 Å². The van der Waals surface area contributed by atoms with E-state index in [-0.39, 0.29) is 0 Å². The number of hydrogen-bond donors (Lipinski definition) is 1. The third kappa shape index (κ3) is 3.05. The van der Waals surface area contributed by atoms with Gasteiger partial charge in [-0.1, -0.05) is 35.1 Å². The first-order valence-corrected chi connectivity index (χ1v) is 6.49. The number of aromatic nitrogens is 1. The van der Waals surface area contributed by atoms with E-state index in [1.54, 1.807) is 14.2 Å². The summed E-state index contributed by atoms with van der Waals surface area (Å²) in [7, 11) is 3.23. The van der Waals surface area contributed by atoms with Crippen molar-refractivity contribution in [2.24, 2.45) is 0 Å². The lowest BCUT2D eigenvalue weighted by atomic mass is 10.2. The minimum absolute atomic E-state index is 0.389. The number of halogens is 1. The number of nitrogens with zero attached hydrogens (tertiary/aromatic N) is 1. The molecule has 0 unspecified atom stereocenters. The Morgan fingerprint density at radius 3 is 2.50 bits per heavy atom. The van der Waals surface area contributed by atoms with E-state index >= 15 is 0 Å². The smallest absolute Gasteiger partial charge is 0.215 e. The molecule has 0 spiro atoms. The summed E-state index contributed by atoms with van der Waals surface area (Å²) in [4.78, 5) is 4.15. The first-order chi connectivity index (χ1) is 8.72. The van der Waals surface area contributed by atoms with Crippen LogP contribution in [0.3, 0.4) is 0 Å². The number of hydrogen-bond acceptors (Lipinski definition) is 5. The maximum Gasteiger partial charge on any atom is 0.215 e. The largest absolute Gasteiger partial charge is 0.497 e. The first kappa shape index (κ1) is 13.0. The summed E-state index contributed by atoms with van der Waals surface area (Å²) in [5, 5.41) is 4.95. The van der Waals surface area contributed by atoms with Crippen molar-refractivity contribution in [3.8, 4) is 10.8 Å². The van der Waals surface area contributed by atoms with Crippen LogP contribution in [0, 0.1) is 0 Å². The zero-order valence-electron chi connectivity index (χ0n) is 10.1. The molecule has 0 amide bonds. The number of nitrogens with one attached hydrogen (secondary N) is 1. The van der Waals surface area contributed by atoms with Crippen LogP contribution >= 0.6 is 22.9 Å². The standard InChI is InChI=1S/C12H13ClN2O2S/c1-16-9-5-3-8(4-6-9)7-14-12-15-10(13)11(17-2)18-12/h3-6H,7H2,1-2H3,(H,14,15). The fourth-order valence-corrected chi connectivity index (χ4v) is 2.41. The predicted molar refractivity (Wildman–Crippen MR) is 74.0 cm³/mol. The topological polar surface area (TPSA) is 43.4 Å². The monoisotopic (exact) mass is 284 g/mol. The minimum atomic E-state index is 0.389. The Balaban J connectivity index is 1.97. The molecular formula is C12H13ClN2O2S. The van der Waals surface area contributed by atoms with Crippen molar-refractivity contribution in [1.82, 2.24) is 4.98 Å². The van der Waals surface area contributed by atoms with Crippen molar-refractivity contribution in [2.75, 3.05) is 19.5 Å². The van der Waals surface area contributed by atoms with Crippen molar-refractivity contribution >= 4 is 28.1 Å². The van der Waals surface area contributed by atoms with E-state index in [0.717, 1.165) is 16.4 Å². The SMILES string of the molecule is COc1ccc(CNc2nc(Cl)c(OC)s2)cc1. The quantitative estimate of drug-likeness (QED) is 0.913. The summed E-state index contributed by atoms with van der Waals surface area (Å²) in [5.74, 6) is 0.845. The van der Waals surface area contributed by atoms with Gasteiger partial charge in [0.2, 0.25) is 5.06 Å². The van der Waals surface area contributed by atoms with E-state index in [1.165, 1.54) is 11.3 Å². The maximum absolute atomic E-state index is 5.88. The molecular weight excluding hydrogens is 272 g/mol. The van der Waals surface area contributed by atoms with Gasteiger partial charge in [-0.15, -0.1) is 0 Å². The molecule has 1 aromatic heterocycles. The van der Waals surface area contributed by atoms with Gasteiger partial charge in [-0.3, -0.25) is 0 Å². The highest BCUT2D eigenvalue weighted by Crippen LogP contribution is 2.34. The fraction of sp³-hybridized carbons (Fsp3) is 0.250. The number of rotatable bonds is 5. The molecule has 0 fully saturated rings. The number of thiazole rings is 1. The molecule has 0 saturated carbocycles. The summed E-state index contributed by atoms with van der Waals surface area (Å²) in [6, 6.07) is 7.84. The molecule has 0 aliphatic rings. The normalized spacial score (nSPS) is 10.2.